The molecular formula is C24H36N3O2+. The molecular weight excluding hydrogens is 362 g/mol. The Bertz CT molecular complexity index is 721. The number of carbonyl (C=O) groups excluding carboxylic acids is 1. The summed E-state index contributed by atoms with van der Waals surface area (Å²) >= 11 is 0. The molecule has 4 saturated carbocycles. The molecule has 1 saturated heterocycles. The number of nitrogens with zero attached hydrogens (tertiary/aromatic N) is 1. The third kappa shape index (κ3) is 3.63. The normalized spacial score (nSPS) is 34.8. The molecule has 29 heavy (non-hydrogen) atoms. The van der Waals surface area contributed by atoms with Crippen molar-refractivity contribution in [2.24, 2.45) is 17.8 Å². The number of benzene rings is 1. The van der Waals surface area contributed by atoms with Crippen LogP contribution in [0, 0.1) is 17.8 Å². The van der Waals surface area contributed by atoms with E-state index in [0.717, 1.165) is 49.7 Å². The molecule has 4 aliphatic carbocycles. The minimum Gasteiger partial charge on any atom is -0.495 e. The molecule has 1 aromatic carbocycles. The molecule has 1 atom stereocenters. The van der Waals surface area contributed by atoms with Crippen LogP contribution in [-0.2, 0) is 4.79 Å². The van der Waals surface area contributed by atoms with Gasteiger partial charge < -0.3 is 19.9 Å². The van der Waals surface area contributed by atoms with Crippen molar-refractivity contribution in [1.82, 2.24) is 5.32 Å². The number of para-hydroxylation sites is 2. The van der Waals surface area contributed by atoms with Crippen LogP contribution in [0.25, 0.3) is 0 Å². The molecule has 1 amide bonds. The van der Waals surface area contributed by atoms with E-state index >= 15 is 0 Å². The summed E-state index contributed by atoms with van der Waals surface area (Å²) in [7, 11) is 1.73. The van der Waals surface area contributed by atoms with Gasteiger partial charge in [0.1, 0.15) is 5.75 Å². The Morgan fingerprint density at radius 2 is 1.69 bits per heavy atom. The number of ether oxygens (including phenoxy) is 1. The monoisotopic (exact) mass is 398 g/mol. The minimum absolute atomic E-state index is 0.0304. The summed E-state index contributed by atoms with van der Waals surface area (Å²) in [6, 6.07) is 8.27. The highest BCUT2D eigenvalue weighted by Crippen LogP contribution is 2.55. The van der Waals surface area contributed by atoms with Crippen LogP contribution in [0.15, 0.2) is 24.3 Å². The topological polar surface area (TPSA) is 46.0 Å². The van der Waals surface area contributed by atoms with Gasteiger partial charge in [-0.1, -0.05) is 12.1 Å². The number of carbonyl (C=O) groups is 1. The van der Waals surface area contributed by atoms with Gasteiger partial charge in [-0.3, -0.25) is 4.79 Å². The molecule has 0 aromatic heterocycles. The summed E-state index contributed by atoms with van der Waals surface area (Å²) in [6.45, 7) is 6.04. The number of piperazine rings is 1. The van der Waals surface area contributed by atoms with Crippen LogP contribution in [0.1, 0.15) is 45.4 Å². The average Bonchev–Trinajstić information content (AvgIpc) is 2.72. The zero-order valence-electron chi connectivity index (χ0n) is 18.0. The number of hydrogen-bond acceptors (Lipinski definition) is 3. The molecule has 1 heterocycles. The first-order chi connectivity index (χ1) is 14.0. The number of rotatable bonds is 5. The van der Waals surface area contributed by atoms with Gasteiger partial charge in [-0.25, -0.2) is 0 Å². The van der Waals surface area contributed by atoms with E-state index in [9.17, 15) is 4.79 Å². The molecule has 4 bridgehead atoms. The van der Waals surface area contributed by atoms with Gasteiger partial charge >= 0.3 is 0 Å². The Morgan fingerprint density at radius 1 is 1.10 bits per heavy atom. The number of quaternary nitrogens is 1. The lowest BCUT2D eigenvalue weighted by Gasteiger charge is -2.57. The number of hydrogen-bond donors (Lipinski definition) is 2. The van der Waals surface area contributed by atoms with Crippen LogP contribution in [0.4, 0.5) is 5.69 Å². The Balaban J connectivity index is 1.19. The summed E-state index contributed by atoms with van der Waals surface area (Å²) < 4.78 is 5.53. The molecule has 5 aliphatic rings. The first-order valence-corrected chi connectivity index (χ1v) is 11.6. The minimum atomic E-state index is 0.0304. The van der Waals surface area contributed by atoms with Crippen LogP contribution < -0.4 is 19.9 Å². The molecule has 5 heteroatoms. The maximum Gasteiger partial charge on any atom is 0.278 e. The summed E-state index contributed by atoms with van der Waals surface area (Å²) in [4.78, 5) is 17.0. The zero-order valence-corrected chi connectivity index (χ0v) is 18.0. The highest BCUT2D eigenvalue weighted by Gasteiger charge is 2.52. The van der Waals surface area contributed by atoms with Crippen LogP contribution in [0.2, 0.25) is 0 Å². The number of nitrogens with one attached hydrogen (secondary N) is 2. The van der Waals surface area contributed by atoms with Gasteiger partial charge in [0.2, 0.25) is 0 Å². The maximum absolute atomic E-state index is 13.2. The van der Waals surface area contributed by atoms with E-state index in [2.05, 4.69) is 29.3 Å². The van der Waals surface area contributed by atoms with Crippen molar-refractivity contribution in [2.45, 2.75) is 57.0 Å². The second-order valence-corrected chi connectivity index (χ2v) is 10.2. The van der Waals surface area contributed by atoms with E-state index in [-0.39, 0.29) is 17.5 Å². The summed E-state index contributed by atoms with van der Waals surface area (Å²) in [5, 5.41) is 3.59. The number of methoxy groups -OCH3 is 1. The highest BCUT2D eigenvalue weighted by atomic mass is 16.5. The molecule has 1 aromatic rings. The molecule has 6 rings (SSSR count). The quantitative estimate of drug-likeness (QED) is 0.796. The Labute approximate surface area is 174 Å². The molecule has 5 nitrogen and oxygen atoms in total. The second kappa shape index (κ2) is 7.50. The van der Waals surface area contributed by atoms with E-state index in [0.29, 0.717) is 0 Å². The van der Waals surface area contributed by atoms with E-state index in [1.807, 2.05) is 12.1 Å². The lowest BCUT2D eigenvalue weighted by atomic mass is 9.53. The van der Waals surface area contributed by atoms with Gasteiger partial charge in [0, 0.05) is 5.54 Å². The lowest BCUT2D eigenvalue weighted by molar-refractivity contribution is -0.914. The van der Waals surface area contributed by atoms with E-state index in [1.54, 1.807) is 7.11 Å². The molecule has 0 spiro atoms. The molecule has 5 fully saturated rings. The van der Waals surface area contributed by atoms with Crippen LogP contribution >= 0.6 is 0 Å². The fourth-order valence-corrected chi connectivity index (χ4v) is 7.18. The first kappa shape index (κ1) is 19.2. The summed E-state index contributed by atoms with van der Waals surface area (Å²) in [5.41, 5.74) is 1.29. The Kier molecular flexibility index (Phi) is 4.97. The Hall–Kier alpha value is -1.75. The lowest BCUT2D eigenvalue weighted by Crippen LogP contribution is -3.19. The largest absolute Gasteiger partial charge is 0.495 e. The van der Waals surface area contributed by atoms with E-state index < -0.39 is 0 Å². The third-order valence-corrected chi connectivity index (χ3v) is 8.26. The van der Waals surface area contributed by atoms with Gasteiger partial charge in [-0.15, -0.1) is 0 Å². The van der Waals surface area contributed by atoms with Crippen molar-refractivity contribution in [3.8, 4) is 5.75 Å². The maximum atomic E-state index is 13.2. The predicted molar refractivity (Wildman–Crippen MR) is 114 cm³/mol. The zero-order chi connectivity index (χ0) is 20.0. The standard InChI is InChI=1S/C24H35N3O2/c1-17(23(28)25-24-14-18-11-19(15-24)13-20(12-18)16-24)26-7-9-27(10-8-26)21-5-3-4-6-22(21)29-2/h3-6,17-20H,7-16H2,1-2H3,(H,25,28)/p+1/t17-,18?,19?,20?,24?/m0/s1. The van der Waals surface area contributed by atoms with Crippen molar-refractivity contribution >= 4 is 11.6 Å². The highest BCUT2D eigenvalue weighted by molar-refractivity contribution is 5.80. The van der Waals surface area contributed by atoms with Crippen LogP contribution in [0.3, 0.4) is 0 Å². The number of amides is 1. The molecule has 0 unspecified atom stereocenters. The smallest absolute Gasteiger partial charge is 0.278 e. The van der Waals surface area contributed by atoms with Crippen LogP contribution in [-0.4, -0.2) is 50.8 Å². The SMILES string of the molecule is COc1ccccc1N1CC[NH+]([C@@H](C)C(=O)NC23CC4CC(CC(C4)C2)C3)CC1. The fraction of sp³-hybridized carbons (Fsp3) is 0.708. The summed E-state index contributed by atoms with van der Waals surface area (Å²) in [6.07, 6.45) is 7.94. The van der Waals surface area contributed by atoms with Gasteiger partial charge in [0.15, 0.2) is 6.04 Å². The summed E-state index contributed by atoms with van der Waals surface area (Å²) in [5.74, 6) is 3.83. The van der Waals surface area contributed by atoms with Crippen LogP contribution in [0.5, 0.6) is 5.75 Å². The molecule has 158 valence electrons. The fourth-order valence-electron chi connectivity index (χ4n) is 7.18. The van der Waals surface area contributed by atoms with Crippen molar-refractivity contribution in [3.05, 3.63) is 24.3 Å². The van der Waals surface area contributed by atoms with Gasteiger partial charge in [-0.2, -0.15) is 0 Å². The third-order valence-electron chi connectivity index (χ3n) is 8.26. The Morgan fingerprint density at radius 3 is 2.28 bits per heavy atom. The van der Waals surface area contributed by atoms with Crippen molar-refractivity contribution in [2.75, 3.05) is 38.2 Å². The van der Waals surface area contributed by atoms with E-state index in [4.69, 9.17) is 4.74 Å². The van der Waals surface area contributed by atoms with Crippen molar-refractivity contribution in [1.29, 1.82) is 0 Å². The second-order valence-electron chi connectivity index (χ2n) is 10.2. The van der Waals surface area contributed by atoms with Gasteiger partial charge in [0.05, 0.1) is 39.0 Å². The number of anilines is 1. The van der Waals surface area contributed by atoms with Crippen molar-refractivity contribution in [3.63, 3.8) is 0 Å². The molecule has 1 aliphatic heterocycles. The molecule has 0 radical (unpaired) electrons. The van der Waals surface area contributed by atoms with Gasteiger partial charge in [-0.05, 0) is 75.3 Å². The van der Waals surface area contributed by atoms with Gasteiger partial charge in [0.25, 0.3) is 5.91 Å². The van der Waals surface area contributed by atoms with E-state index in [1.165, 1.54) is 49.1 Å². The first-order valence-electron chi connectivity index (χ1n) is 11.6. The predicted octanol–water partition coefficient (Wildman–Crippen LogP) is 1.87. The average molecular weight is 399 g/mol. The molecule has 2 N–H and O–H groups in total. The van der Waals surface area contributed by atoms with Crippen molar-refractivity contribution < 1.29 is 14.4 Å².